The van der Waals surface area contributed by atoms with Gasteiger partial charge in [0, 0.05) is 42.2 Å². The minimum absolute atomic E-state index is 0.333. The Hall–Kier alpha value is -1.46. The van der Waals surface area contributed by atoms with Crippen LogP contribution in [-0.2, 0) is 6.54 Å². The van der Waals surface area contributed by atoms with Gasteiger partial charge in [-0.3, -0.25) is 4.98 Å². The van der Waals surface area contributed by atoms with E-state index in [1.54, 1.807) is 12.3 Å². The number of aromatic nitrogens is 1. The quantitative estimate of drug-likeness (QED) is 0.854. The third-order valence-electron chi connectivity index (χ3n) is 2.89. The lowest BCUT2D eigenvalue weighted by Crippen LogP contribution is -2.22. The molecule has 0 aliphatic heterocycles. The molecule has 0 bridgehead atoms. The van der Waals surface area contributed by atoms with E-state index in [-0.39, 0.29) is 5.82 Å². The number of pyridine rings is 1. The summed E-state index contributed by atoms with van der Waals surface area (Å²) in [5, 5.41) is 3.33. The molecule has 0 spiro atoms. The van der Waals surface area contributed by atoms with Crippen LogP contribution in [-0.4, -0.2) is 11.0 Å². The van der Waals surface area contributed by atoms with Gasteiger partial charge in [-0.25, -0.2) is 4.39 Å². The number of halogens is 2. The van der Waals surface area contributed by atoms with Crippen LogP contribution in [0.2, 0.25) is 0 Å². The largest absolute Gasteiger partial charge is 0.456 e. The fourth-order valence-corrected chi connectivity index (χ4v) is 2.11. The summed E-state index contributed by atoms with van der Waals surface area (Å²) in [5.41, 5.74) is 1.79. The highest BCUT2D eigenvalue weighted by atomic mass is 79.9. The van der Waals surface area contributed by atoms with Crippen LogP contribution in [0.3, 0.4) is 0 Å². The van der Waals surface area contributed by atoms with Gasteiger partial charge in [0.1, 0.15) is 17.3 Å². The Labute approximate surface area is 132 Å². The predicted octanol–water partition coefficient (Wildman–Crippen LogP) is 4.58. The zero-order valence-corrected chi connectivity index (χ0v) is 13.9. The zero-order valence-electron chi connectivity index (χ0n) is 12.3. The maximum atomic E-state index is 13.4. The highest BCUT2D eigenvalue weighted by Gasteiger charge is 2.10. The third-order valence-corrected chi connectivity index (χ3v) is 3.55. The van der Waals surface area contributed by atoms with Crippen LogP contribution in [0.15, 0.2) is 34.9 Å². The second kappa shape index (κ2) is 7.00. The molecule has 1 heterocycles. The first kappa shape index (κ1) is 15.9. The van der Waals surface area contributed by atoms with Crippen LogP contribution in [0.1, 0.15) is 25.1 Å². The molecule has 0 aliphatic carbocycles. The summed E-state index contributed by atoms with van der Waals surface area (Å²) in [6.07, 6.45) is 1.78. The fraction of sp³-hybridized carbons (Fsp3) is 0.312. The predicted molar refractivity (Wildman–Crippen MR) is 85.1 cm³/mol. The van der Waals surface area contributed by atoms with Crippen molar-refractivity contribution in [2.75, 3.05) is 0 Å². The first-order chi connectivity index (χ1) is 9.95. The number of rotatable bonds is 5. The number of benzene rings is 1. The molecule has 5 heteroatoms. The van der Waals surface area contributed by atoms with E-state index in [0.29, 0.717) is 28.6 Å². The molecule has 1 N–H and O–H groups in total. The van der Waals surface area contributed by atoms with Crippen molar-refractivity contribution in [1.29, 1.82) is 0 Å². The van der Waals surface area contributed by atoms with Gasteiger partial charge in [-0.05, 0) is 35.0 Å². The number of hydrogen-bond acceptors (Lipinski definition) is 3. The summed E-state index contributed by atoms with van der Waals surface area (Å²) >= 11 is 3.37. The van der Waals surface area contributed by atoms with Crippen molar-refractivity contribution in [1.82, 2.24) is 10.3 Å². The summed E-state index contributed by atoms with van der Waals surface area (Å²) in [6.45, 7) is 6.69. The smallest absolute Gasteiger partial charge is 0.144 e. The van der Waals surface area contributed by atoms with Crippen molar-refractivity contribution in [3.8, 4) is 11.5 Å². The SMILES string of the molecule is Cc1cc(Oc2cc(F)ccc2Br)c(CNC(C)C)cn1. The van der Waals surface area contributed by atoms with E-state index >= 15 is 0 Å². The first-order valence-corrected chi connectivity index (χ1v) is 7.57. The van der Waals surface area contributed by atoms with Crippen LogP contribution in [0, 0.1) is 12.7 Å². The molecule has 0 amide bonds. The highest BCUT2D eigenvalue weighted by molar-refractivity contribution is 9.10. The van der Waals surface area contributed by atoms with Crippen LogP contribution >= 0.6 is 15.9 Å². The Morgan fingerprint density at radius 1 is 1.29 bits per heavy atom. The summed E-state index contributed by atoms with van der Waals surface area (Å²) in [5.74, 6) is 0.800. The molecule has 2 rings (SSSR count). The molecule has 0 saturated carbocycles. The number of ether oxygens (including phenoxy) is 1. The van der Waals surface area contributed by atoms with Gasteiger partial charge in [-0.2, -0.15) is 0 Å². The molecule has 1 aromatic heterocycles. The fourth-order valence-electron chi connectivity index (χ4n) is 1.78. The second-order valence-corrected chi connectivity index (χ2v) is 6.00. The molecule has 3 nitrogen and oxygen atoms in total. The van der Waals surface area contributed by atoms with Gasteiger partial charge in [0.25, 0.3) is 0 Å². The Balaban J connectivity index is 2.29. The lowest BCUT2D eigenvalue weighted by molar-refractivity contribution is 0.460. The molecule has 112 valence electrons. The lowest BCUT2D eigenvalue weighted by atomic mass is 10.2. The Bertz CT molecular complexity index is 632. The van der Waals surface area contributed by atoms with Crippen LogP contribution in [0.25, 0.3) is 0 Å². The maximum Gasteiger partial charge on any atom is 0.144 e. The standard InChI is InChI=1S/C16H18BrFN2O/c1-10(2)19-8-12-9-20-11(3)6-15(12)21-16-7-13(18)4-5-14(16)17/h4-7,9-10,19H,8H2,1-3H3. The average molecular weight is 353 g/mol. The molecule has 2 aromatic rings. The molecule has 0 radical (unpaired) electrons. The van der Waals surface area contributed by atoms with Gasteiger partial charge in [0.2, 0.25) is 0 Å². The molecule has 0 unspecified atom stereocenters. The van der Waals surface area contributed by atoms with E-state index in [9.17, 15) is 4.39 Å². The first-order valence-electron chi connectivity index (χ1n) is 6.77. The second-order valence-electron chi connectivity index (χ2n) is 5.15. The van der Waals surface area contributed by atoms with Gasteiger partial charge >= 0.3 is 0 Å². The lowest BCUT2D eigenvalue weighted by Gasteiger charge is -2.14. The van der Waals surface area contributed by atoms with E-state index in [1.165, 1.54) is 12.1 Å². The van der Waals surface area contributed by atoms with Crippen molar-refractivity contribution in [3.05, 3.63) is 52.0 Å². The van der Waals surface area contributed by atoms with E-state index in [2.05, 4.69) is 40.1 Å². The van der Waals surface area contributed by atoms with Gasteiger partial charge in [-0.1, -0.05) is 13.8 Å². The summed E-state index contributed by atoms with van der Waals surface area (Å²) in [6, 6.07) is 6.59. The molecule has 0 saturated heterocycles. The average Bonchev–Trinajstić information content (AvgIpc) is 2.42. The van der Waals surface area contributed by atoms with Gasteiger partial charge in [0.05, 0.1) is 4.47 Å². The topological polar surface area (TPSA) is 34.1 Å². The monoisotopic (exact) mass is 352 g/mol. The van der Waals surface area contributed by atoms with Crippen molar-refractivity contribution in [2.24, 2.45) is 0 Å². The van der Waals surface area contributed by atoms with Gasteiger partial charge in [0.15, 0.2) is 0 Å². The molecular weight excluding hydrogens is 335 g/mol. The Morgan fingerprint density at radius 3 is 2.76 bits per heavy atom. The maximum absolute atomic E-state index is 13.4. The van der Waals surface area contributed by atoms with Crippen molar-refractivity contribution >= 4 is 15.9 Å². The van der Waals surface area contributed by atoms with E-state index in [0.717, 1.165) is 11.3 Å². The van der Waals surface area contributed by atoms with Crippen molar-refractivity contribution < 1.29 is 9.13 Å². The number of nitrogens with one attached hydrogen (secondary N) is 1. The molecule has 21 heavy (non-hydrogen) atoms. The Morgan fingerprint density at radius 2 is 2.05 bits per heavy atom. The molecule has 0 fully saturated rings. The summed E-state index contributed by atoms with van der Waals surface area (Å²) < 4.78 is 19.9. The van der Waals surface area contributed by atoms with Crippen molar-refractivity contribution in [2.45, 2.75) is 33.4 Å². The van der Waals surface area contributed by atoms with Crippen LogP contribution in [0.5, 0.6) is 11.5 Å². The highest BCUT2D eigenvalue weighted by Crippen LogP contribution is 2.32. The molecule has 0 aliphatic rings. The van der Waals surface area contributed by atoms with E-state index in [4.69, 9.17) is 4.74 Å². The van der Waals surface area contributed by atoms with Crippen molar-refractivity contribution in [3.63, 3.8) is 0 Å². The summed E-state index contributed by atoms with van der Waals surface area (Å²) in [4.78, 5) is 4.29. The van der Waals surface area contributed by atoms with Gasteiger partial charge < -0.3 is 10.1 Å². The zero-order chi connectivity index (χ0) is 15.4. The molecule has 0 atom stereocenters. The summed E-state index contributed by atoms with van der Waals surface area (Å²) in [7, 11) is 0. The minimum atomic E-state index is -0.333. The van der Waals surface area contributed by atoms with Crippen LogP contribution < -0.4 is 10.1 Å². The van der Waals surface area contributed by atoms with Gasteiger partial charge in [-0.15, -0.1) is 0 Å². The molecule has 1 aromatic carbocycles. The van der Waals surface area contributed by atoms with E-state index in [1.807, 2.05) is 13.0 Å². The number of hydrogen-bond donors (Lipinski definition) is 1. The third kappa shape index (κ3) is 4.51. The molecular formula is C16H18BrFN2O. The van der Waals surface area contributed by atoms with Crippen LogP contribution in [0.4, 0.5) is 4.39 Å². The number of aryl methyl sites for hydroxylation is 1. The Kier molecular flexibility index (Phi) is 5.31. The van der Waals surface area contributed by atoms with E-state index < -0.39 is 0 Å². The normalized spacial score (nSPS) is 11.0. The minimum Gasteiger partial charge on any atom is -0.456 e. The number of nitrogens with zero attached hydrogens (tertiary/aromatic N) is 1.